The van der Waals surface area contributed by atoms with Crippen LogP contribution in [0.15, 0.2) is 30.5 Å². The van der Waals surface area contributed by atoms with E-state index in [2.05, 4.69) is 15.3 Å². The van der Waals surface area contributed by atoms with E-state index in [4.69, 9.17) is 0 Å². The van der Waals surface area contributed by atoms with Crippen molar-refractivity contribution in [3.05, 3.63) is 36.3 Å². The maximum absolute atomic E-state index is 14.5. The van der Waals surface area contributed by atoms with Gasteiger partial charge in [0.1, 0.15) is 5.69 Å². The van der Waals surface area contributed by atoms with Crippen molar-refractivity contribution in [1.29, 1.82) is 0 Å². The van der Waals surface area contributed by atoms with Gasteiger partial charge in [0.15, 0.2) is 5.82 Å². The number of carbonyl (C=O) groups excluding carboxylic acids is 1. The Morgan fingerprint density at radius 2 is 2.00 bits per heavy atom. The summed E-state index contributed by atoms with van der Waals surface area (Å²) in [6, 6.07) is 7.49. The average Bonchev–Trinajstić information content (AvgIpc) is 2.71. The second-order valence-corrected chi connectivity index (χ2v) is 7.59. The lowest BCUT2D eigenvalue weighted by Gasteiger charge is -2.27. The summed E-state index contributed by atoms with van der Waals surface area (Å²) >= 11 is 0. The fraction of sp³-hybridized carbons (Fsp3) is 0.476. The lowest BCUT2D eigenvalue weighted by atomic mass is 9.93. The number of rotatable bonds is 4. The molecule has 0 atom stereocenters. The normalized spacial score (nSPS) is 22.9. The van der Waals surface area contributed by atoms with Crippen LogP contribution in [0, 0.1) is 5.82 Å². The number of anilines is 2. The number of carbonyl (C=O) groups is 1. The molecule has 2 heterocycles. The molecule has 2 fully saturated rings. The van der Waals surface area contributed by atoms with Crippen molar-refractivity contribution in [2.75, 3.05) is 16.8 Å². The number of nitrogens with zero attached hydrogens (tertiary/aromatic N) is 3. The summed E-state index contributed by atoms with van der Waals surface area (Å²) in [6.07, 6.45) is 6.56. The van der Waals surface area contributed by atoms with Gasteiger partial charge in [0, 0.05) is 30.3 Å². The summed E-state index contributed by atoms with van der Waals surface area (Å²) in [5, 5.41) is 12.9. The zero-order valence-corrected chi connectivity index (χ0v) is 15.8. The Bertz CT molecular complexity index is 852. The molecule has 2 N–H and O–H groups in total. The number of halogens is 1. The first-order chi connectivity index (χ1) is 13.6. The molecular weight excluding hydrogens is 359 g/mol. The predicted octanol–water partition coefficient (Wildman–Crippen LogP) is 3.52. The highest BCUT2D eigenvalue weighted by Crippen LogP contribution is 2.28. The van der Waals surface area contributed by atoms with Crippen molar-refractivity contribution in [3.63, 3.8) is 0 Å². The first-order valence-corrected chi connectivity index (χ1v) is 9.98. The molecule has 4 rings (SSSR count). The Hall–Kier alpha value is -2.54. The van der Waals surface area contributed by atoms with Gasteiger partial charge in [0.2, 0.25) is 11.9 Å². The van der Waals surface area contributed by atoms with Crippen LogP contribution >= 0.6 is 0 Å². The molecule has 2 aliphatic rings. The molecule has 7 heteroatoms. The quantitative estimate of drug-likeness (QED) is 0.843. The Morgan fingerprint density at radius 3 is 2.79 bits per heavy atom. The van der Waals surface area contributed by atoms with Crippen molar-refractivity contribution in [2.24, 2.45) is 0 Å². The zero-order chi connectivity index (χ0) is 19.5. The van der Waals surface area contributed by atoms with E-state index in [-0.39, 0.29) is 23.7 Å². The number of hydrogen-bond acceptors (Lipinski definition) is 5. The topological polar surface area (TPSA) is 78.4 Å². The first kappa shape index (κ1) is 18.8. The summed E-state index contributed by atoms with van der Waals surface area (Å²) < 4.78 is 14.5. The summed E-state index contributed by atoms with van der Waals surface area (Å²) in [6.45, 7) is 0.689. The number of aliphatic hydroxyl groups excluding tert-OH is 1. The summed E-state index contributed by atoms with van der Waals surface area (Å²) in [7, 11) is 0. The van der Waals surface area contributed by atoms with Crippen LogP contribution in [0.5, 0.6) is 0 Å². The second kappa shape index (κ2) is 8.22. The van der Waals surface area contributed by atoms with Crippen LogP contribution in [0.4, 0.5) is 16.0 Å². The zero-order valence-electron chi connectivity index (χ0n) is 15.8. The van der Waals surface area contributed by atoms with Gasteiger partial charge in [0.05, 0.1) is 12.3 Å². The molecule has 1 amide bonds. The minimum atomic E-state index is -0.494. The molecule has 0 radical (unpaired) electrons. The highest BCUT2D eigenvalue weighted by molar-refractivity contribution is 5.94. The molecule has 28 heavy (non-hydrogen) atoms. The van der Waals surface area contributed by atoms with Crippen molar-refractivity contribution in [2.45, 2.75) is 57.1 Å². The maximum Gasteiger partial charge on any atom is 0.226 e. The third kappa shape index (κ3) is 4.14. The minimum absolute atomic E-state index is 0.105. The molecule has 1 saturated carbocycles. The van der Waals surface area contributed by atoms with E-state index >= 15 is 0 Å². The minimum Gasteiger partial charge on any atom is -0.393 e. The number of nitrogens with one attached hydrogen (secondary N) is 1. The van der Waals surface area contributed by atoms with Gasteiger partial charge < -0.3 is 15.3 Å². The predicted molar refractivity (Wildman–Crippen MR) is 106 cm³/mol. The third-order valence-electron chi connectivity index (χ3n) is 5.53. The van der Waals surface area contributed by atoms with Gasteiger partial charge in [-0.15, -0.1) is 0 Å². The number of aromatic nitrogens is 2. The van der Waals surface area contributed by atoms with Crippen LogP contribution in [-0.2, 0) is 4.79 Å². The molecule has 148 valence electrons. The van der Waals surface area contributed by atoms with Gasteiger partial charge in [-0.2, -0.15) is 0 Å². The summed E-state index contributed by atoms with van der Waals surface area (Å²) in [4.78, 5) is 22.4. The molecule has 1 aliphatic heterocycles. The smallest absolute Gasteiger partial charge is 0.226 e. The monoisotopic (exact) mass is 384 g/mol. The van der Waals surface area contributed by atoms with Gasteiger partial charge in [0.25, 0.3) is 0 Å². The number of hydrogen-bond donors (Lipinski definition) is 2. The number of amides is 1. The van der Waals surface area contributed by atoms with Gasteiger partial charge in [-0.05, 0) is 50.7 Å². The van der Waals surface area contributed by atoms with Crippen molar-refractivity contribution < 1.29 is 14.3 Å². The van der Waals surface area contributed by atoms with Crippen LogP contribution in [-0.4, -0.2) is 39.7 Å². The van der Waals surface area contributed by atoms with Crippen molar-refractivity contribution in [3.8, 4) is 11.3 Å². The largest absolute Gasteiger partial charge is 0.393 e. The average molecular weight is 384 g/mol. The van der Waals surface area contributed by atoms with Crippen LogP contribution in [0.25, 0.3) is 11.3 Å². The standard InChI is InChI=1S/C21H25FN4O2/c22-18-13-23-21(24-15-7-9-17(27)10-8-15)25-20(18)14-4-3-5-16(12-14)26-11-2-1-6-19(26)28/h3-5,12-13,15,17,27H,1-2,6-11H2,(H,23,24,25)/t15-,17-. The van der Waals surface area contributed by atoms with Crippen LogP contribution in [0.2, 0.25) is 0 Å². The molecule has 0 spiro atoms. The lowest BCUT2D eigenvalue weighted by Crippen LogP contribution is -2.35. The fourth-order valence-corrected chi connectivity index (χ4v) is 3.94. The lowest BCUT2D eigenvalue weighted by molar-refractivity contribution is -0.119. The molecule has 1 aromatic heterocycles. The van der Waals surface area contributed by atoms with Gasteiger partial charge in [-0.25, -0.2) is 14.4 Å². The summed E-state index contributed by atoms with van der Waals surface area (Å²) in [5.74, 6) is -0.00243. The highest BCUT2D eigenvalue weighted by atomic mass is 19.1. The molecule has 0 bridgehead atoms. The molecular formula is C21H25FN4O2. The van der Waals surface area contributed by atoms with E-state index < -0.39 is 5.82 Å². The van der Waals surface area contributed by atoms with Gasteiger partial charge >= 0.3 is 0 Å². The molecule has 1 saturated heterocycles. The fourth-order valence-electron chi connectivity index (χ4n) is 3.94. The van der Waals surface area contributed by atoms with E-state index in [0.29, 0.717) is 24.5 Å². The number of piperidine rings is 1. The van der Waals surface area contributed by atoms with Crippen LogP contribution in [0.1, 0.15) is 44.9 Å². The number of benzene rings is 1. The Balaban J connectivity index is 1.56. The van der Waals surface area contributed by atoms with E-state index in [1.807, 2.05) is 18.2 Å². The SMILES string of the molecule is O=C1CCCCN1c1cccc(-c2nc(N[C@H]3CC[C@H](O)CC3)ncc2F)c1. The summed E-state index contributed by atoms with van der Waals surface area (Å²) in [5.41, 5.74) is 1.62. The Kier molecular flexibility index (Phi) is 5.52. The van der Waals surface area contributed by atoms with E-state index in [9.17, 15) is 14.3 Å². The highest BCUT2D eigenvalue weighted by Gasteiger charge is 2.22. The van der Waals surface area contributed by atoms with Gasteiger partial charge in [-0.1, -0.05) is 12.1 Å². The third-order valence-corrected chi connectivity index (χ3v) is 5.53. The van der Waals surface area contributed by atoms with E-state index in [1.54, 1.807) is 11.0 Å². The Labute approximate surface area is 163 Å². The Morgan fingerprint density at radius 1 is 1.18 bits per heavy atom. The van der Waals surface area contributed by atoms with Crippen molar-refractivity contribution in [1.82, 2.24) is 9.97 Å². The van der Waals surface area contributed by atoms with Gasteiger partial charge in [-0.3, -0.25) is 4.79 Å². The molecule has 6 nitrogen and oxygen atoms in total. The molecule has 1 aromatic carbocycles. The van der Waals surface area contributed by atoms with Crippen LogP contribution < -0.4 is 10.2 Å². The second-order valence-electron chi connectivity index (χ2n) is 7.59. The maximum atomic E-state index is 14.5. The van der Waals surface area contributed by atoms with Crippen LogP contribution in [0.3, 0.4) is 0 Å². The van der Waals surface area contributed by atoms with E-state index in [1.165, 1.54) is 6.20 Å². The van der Waals surface area contributed by atoms with E-state index in [0.717, 1.165) is 44.2 Å². The first-order valence-electron chi connectivity index (χ1n) is 9.98. The molecule has 2 aromatic rings. The van der Waals surface area contributed by atoms with Crippen molar-refractivity contribution >= 4 is 17.5 Å². The molecule has 0 unspecified atom stereocenters. The number of aliphatic hydroxyl groups is 1. The molecule has 1 aliphatic carbocycles.